The standard InChI is InChI=1S/C16H23NO3/c1-2-14(10-13-6-4-3-5-7-13)17-8-9-20-12-15(17)11-16(18)19/h3-7,14-15H,2,8-12H2,1H3,(H,18,19). The molecule has 0 bridgehead atoms. The topological polar surface area (TPSA) is 49.8 Å². The Morgan fingerprint density at radius 2 is 2.20 bits per heavy atom. The molecule has 1 aliphatic heterocycles. The van der Waals surface area contributed by atoms with Gasteiger partial charge in [0, 0.05) is 18.6 Å². The van der Waals surface area contributed by atoms with Crippen LogP contribution in [0.4, 0.5) is 0 Å². The number of carboxylic acids is 1. The maximum absolute atomic E-state index is 11.0. The molecule has 20 heavy (non-hydrogen) atoms. The number of benzene rings is 1. The highest BCUT2D eigenvalue weighted by Gasteiger charge is 2.30. The van der Waals surface area contributed by atoms with E-state index in [-0.39, 0.29) is 12.5 Å². The zero-order chi connectivity index (χ0) is 14.4. The minimum absolute atomic E-state index is 0.00471. The van der Waals surface area contributed by atoms with Crippen LogP contribution in [0, 0.1) is 0 Å². The molecular weight excluding hydrogens is 254 g/mol. The summed E-state index contributed by atoms with van der Waals surface area (Å²) in [7, 11) is 0. The van der Waals surface area contributed by atoms with Gasteiger partial charge in [-0.25, -0.2) is 0 Å². The minimum atomic E-state index is -0.750. The van der Waals surface area contributed by atoms with E-state index in [1.54, 1.807) is 0 Å². The van der Waals surface area contributed by atoms with E-state index < -0.39 is 5.97 Å². The summed E-state index contributed by atoms with van der Waals surface area (Å²) in [4.78, 5) is 13.3. The van der Waals surface area contributed by atoms with Crippen LogP contribution in [0.1, 0.15) is 25.3 Å². The van der Waals surface area contributed by atoms with E-state index in [2.05, 4.69) is 36.1 Å². The van der Waals surface area contributed by atoms with Crippen molar-refractivity contribution in [3.8, 4) is 0 Å². The van der Waals surface area contributed by atoms with Gasteiger partial charge in [-0.15, -0.1) is 0 Å². The molecule has 2 rings (SSSR count). The van der Waals surface area contributed by atoms with E-state index in [0.29, 0.717) is 19.3 Å². The van der Waals surface area contributed by atoms with Gasteiger partial charge < -0.3 is 9.84 Å². The molecule has 0 amide bonds. The van der Waals surface area contributed by atoms with Crippen molar-refractivity contribution in [1.29, 1.82) is 0 Å². The predicted octanol–water partition coefficient (Wildman–Crippen LogP) is 2.18. The SMILES string of the molecule is CCC(Cc1ccccc1)N1CCOCC1CC(=O)O. The monoisotopic (exact) mass is 277 g/mol. The maximum Gasteiger partial charge on any atom is 0.305 e. The Morgan fingerprint density at radius 3 is 2.85 bits per heavy atom. The largest absolute Gasteiger partial charge is 0.481 e. The lowest BCUT2D eigenvalue weighted by Gasteiger charge is -2.40. The van der Waals surface area contributed by atoms with Gasteiger partial charge in [-0.05, 0) is 18.4 Å². The van der Waals surface area contributed by atoms with Crippen molar-refractivity contribution in [2.24, 2.45) is 0 Å². The summed E-state index contributed by atoms with van der Waals surface area (Å²) in [5, 5.41) is 9.05. The maximum atomic E-state index is 11.0. The first-order valence-corrected chi connectivity index (χ1v) is 7.30. The average molecular weight is 277 g/mol. The predicted molar refractivity (Wildman–Crippen MR) is 77.8 cm³/mol. The van der Waals surface area contributed by atoms with E-state index in [4.69, 9.17) is 9.84 Å². The van der Waals surface area contributed by atoms with Gasteiger partial charge in [0.25, 0.3) is 0 Å². The van der Waals surface area contributed by atoms with Crippen LogP contribution in [-0.2, 0) is 16.0 Å². The molecule has 1 saturated heterocycles. The van der Waals surface area contributed by atoms with Gasteiger partial charge >= 0.3 is 5.97 Å². The number of rotatable bonds is 6. The summed E-state index contributed by atoms with van der Waals surface area (Å²) in [5.74, 6) is -0.750. The fraction of sp³-hybridized carbons (Fsp3) is 0.562. The van der Waals surface area contributed by atoms with Gasteiger partial charge in [-0.2, -0.15) is 0 Å². The fourth-order valence-corrected chi connectivity index (χ4v) is 2.91. The number of carboxylic acid groups (broad SMARTS) is 1. The Hall–Kier alpha value is -1.39. The molecule has 0 spiro atoms. The molecule has 110 valence electrons. The number of aliphatic carboxylic acids is 1. The Bertz CT molecular complexity index is 421. The molecule has 1 heterocycles. The fourth-order valence-electron chi connectivity index (χ4n) is 2.91. The van der Waals surface area contributed by atoms with E-state index in [1.807, 2.05) is 6.07 Å². The molecule has 1 aliphatic rings. The molecule has 2 atom stereocenters. The molecule has 1 N–H and O–H groups in total. The van der Waals surface area contributed by atoms with Crippen molar-refractivity contribution in [1.82, 2.24) is 4.90 Å². The lowest BCUT2D eigenvalue weighted by molar-refractivity contribution is -0.140. The van der Waals surface area contributed by atoms with Gasteiger partial charge in [0.05, 0.1) is 19.6 Å². The van der Waals surface area contributed by atoms with Crippen molar-refractivity contribution in [3.63, 3.8) is 0 Å². The molecule has 4 heteroatoms. The third kappa shape index (κ3) is 4.05. The van der Waals surface area contributed by atoms with Crippen LogP contribution >= 0.6 is 0 Å². The molecule has 4 nitrogen and oxygen atoms in total. The first kappa shape index (κ1) is 15.0. The van der Waals surface area contributed by atoms with Crippen molar-refractivity contribution in [3.05, 3.63) is 35.9 Å². The molecule has 1 fully saturated rings. The number of ether oxygens (including phenoxy) is 1. The average Bonchev–Trinajstić information content (AvgIpc) is 2.46. The Kier molecular flexibility index (Phi) is 5.56. The second-order valence-corrected chi connectivity index (χ2v) is 5.32. The third-order valence-corrected chi connectivity index (χ3v) is 3.94. The highest BCUT2D eigenvalue weighted by molar-refractivity contribution is 5.67. The third-order valence-electron chi connectivity index (χ3n) is 3.94. The second kappa shape index (κ2) is 7.41. The van der Waals surface area contributed by atoms with Crippen LogP contribution in [0.3, 0.4) is 0 Å². The molecule has 1 aromatic rings. The molecular formula is C16H23NO3. The quantitative estimate of drug-likeness (QED) is 0.866. The Labute approximate surface area is 120 Å². The van der Waals surface area contributed by atoms with Gasteiger partial charge in [0.15, 0.2) is 0 Å². The molecule has 0 radical (unpaired) electrons. The van der Waals surface area contributed by atoms with Crippen LogP contribution in [0.15, 0.2) is 30.3 Å². The summed E-state index contributed by atoms with van der Waals surface area (Å²) in [6.45, 7) is 4.21. The first-order chi connectivity index (χ1) is 9.70. The Morgan fingerprint density at radius 1 is 1.45 bits per heavy atom. The van der Waals surface area contributed by atoms with Crippen molar-refractivity contribution < 1.29 is 14.6 Å². The van der Waals surface area contributed by atoms with Gasteiger partial charge in [-0.1, -0.05) is 37.3 Å². The Balaban J connectivity index is 2.05. The zero-order valence-electron chi connectivity index (χ0n) is 12.0. The highest BCUT2D eigenvalue weighted by Crippen LogP contribution is 2.19. The summed E-state index contributed by atoms with van der Waals surface area (Å²) in [6.07, 6.45) is 2.14. The molecule has 0 saturated carbocycles. The molecule has 0 aromatic heterocycles. The number of hydrogen-bond donors (Lipinski definition) is 1. The summed E-state index contributed by atoms with van der Waals surface area (Å²) in [5.41, 5.74) is 1.31. The molecule has 1 aromatic carbocycles. The van der Waals surface area contributed by atoms with Gasteiger partial charge in [0.2, 0.25) is 0 Å². The number of carbonyl (C=O) groups is 1. The van der Waals surface area contributed by atoms with Crippen LogP contribution in [0.25, 0.3) is 0 Å². The van der Waals surface area contributed by atoms with Crippen molar-refractivity contribution >= 4 is 5.97 Å². The summed E-state index contributed by atoms with van der Waals surface area (Å²) < 4.78 is 5.45. The molecule has 2 unspecified atom stereocenters. The number of nitrogens with zero attached hydrogens (tertiary/aromatic N) is 1. The van der Waals surface area contributed by atoms with E-state index >= 15 is 0 Å². The van der Waals surface area contributed by atoms with Crippen LogP contribution in [-0.4, -0.2) is 47.8 Å². The van der Waals surface area contributed by atoms with Crippen molar-refractivity contribution in [2.45, 2.75) is 38.3 Å². The van der Waals surface area contributed by atoms with Crippen LogP contribution in [0.5, 0.6) is 0 Å². The van der Waals surface area contributed by atoms with Crippen LogP contribution < -0.4 is 0 Å². The summed E-state index contributed by atoms with van der Waals surface area (Å²) >= 11 is 0. The number of hydrogen-bond acceptors (Lipinski definition) is 3. The van der Waals surface area contributed by atoms with E-state index in [1.165, 1.54) is 5.56 Å². The lowest BCUT2D eigenvalue weighted by atomic mass is 9.99. The first-order valence-electron chi connectivity index (χ1n) is 7.30. The summed E-state index contributed by atoms with van der Waals surface area (Å²) in [6, 6.07) is 10.8. The van der Waals surface area contributed by atoms with E-state index in [0.717, 1.165) is 19.4 Å². The normalized spacial score (nSPS) is 21.6. The lowest BCUT2D eigenvalue weighted by Crippen LogP contribution is -2.52. The minimum Gasteiger partial charge on any atom is -0.481 e. The zero-order valence-corrected chi connectivity index (χ0v) is 12.0. The van der Waals surface area contributed by atoms with E-state index in [9.17, 15) is 4.79 Å². The van der Waals surface area contributed by atoms with Gasteiger partial charge in [-0.3, -0.25) is 9.69 Å². The second-order valence-electron chi connectivity index (χ2n) is 5.32. The number of morpholine rings is 1. The highest BCUT2D eigenvalue weighted by atomic mass is 16.5. The smallest absolute Gasteiger partial charge is 0.305 e. The van der Waals surface area contributed by atoms with Gasteiger partial charge in [0.1, 0.15) is 0 Å². The van der Waals surface area contributed by atoms with Crippen molar-refractivity contribution in [2.75, 3.05) is 19.8 Å². The molecule has 0 aliphatic carbocycles. The van der Waals surface area contributed by atoms with Crippen LogP contribution in [0.2, 0.25) is 0 Å².